The number of nitrogens with one attached hydrogen (secondary N) is 1. The van der Waals surface area contributed by atoms with Crippen molar-refractivity contribution in [1.29, 1.82) is 5.26 Å². The summed E-state index contributed by atoms with van der Waals surface area (Å²) in [6.07, 6.45) is 0. The molecule has 0 aliphatic heterocycles. The molecule has 0 radical (unpaired) electrons. The second-order valence-electron chi connectivity index (χ2n) is 4.98. The first kappa shape index (κ1) is 17.2. The average Bonchev–Trinajstić information content (AvgIpc) is 2.81. The van der Waals surface area contributed by atoms with E-state index in [2.05, 4.69) is 11.4 Å². The number of sulfone groups is 1. The van der Waals surface area contributed by atoms with Crippen molar-refractivity contribution in [3.05, 3.63) is 45.8 Å². The topological polar surface area (TPSA) is 87.0 Å². The lowest BCUT2D eigenvalue weighted by molar-refractivity contribution is 0.102. The normalized spacial score (nSPS) is 11.0. The van der Waals surface area contributed by atoms with E-state index >= 15 is 0 Å². The maximum absolute atomic E-state index is 12.4. The molecule has 0 fully saturated rings. The van der Waals surface area contributed by atoms with Crippen molar-refractivity contribution in [3.63, 3.8) is 0 Å². The van der Waals surface area contributed by atoms with Crippen LogP contribution in [0.4, 0.5) is 5.00 Å². The van der Waals surface area contributed by atoms with E-state index < -0.39 is 15.7 Å². The number of thiophene rings is 1. The molecule has 1 N–H and O–H groups in total. The van der Waals surface area contributed by atoms with Crippen molar-refractivity contribution in [1.82, 2.24) is 0 Å². The van der Waals surface area contributed by atoms with Gasteiger partial charge in [0.2, 0.25) is 0 Å². The van der Waals surface area contributed by atoms with E-state index in [0.717, 1.165) is 10.4 Å². The van der Waals surface area contributed by atoms with Gasteiger partial charge in [-0.2, -0.15) is 5.26 Å². The molecule has 2 rings (SSSR count). The first-order valence-electron chi connectivity index (χ1n) is 6.94. The predicted octanol–water partition coefficient (Wildman–Crippen LogP) is 3.28. The van der Waals surface area contributed by atoms with E-state index in [9.17, 15) is 18.5 Å². The van der Waals surface area contributed by atoms with Crippen LogP contribution in [-0.2, 0) is 9.84 Å². The zero-order chi connectivity index (χ0) is 17.2. The molecule has 2 aromatic rings. The molecule has 0 saturated carbocycles. The summed E-state index contributed by atoms with van der Waals surface area (Å²) in [5.74, 6) is -0.462. The second kappa shape index (κ2) is 6.52. The Labute approximate surface area is 139 Å². The summed E-state index contributed by atoms with van der Waals surface area (Å²) in [7, 11) is -3.37. The van der Waals surface area contributed by atoms with Crippen LogP contribution in [0.5, 0.6) is 0 Å². The Bertz CT molecular complexity index is 906. The molecule has 1 aromatic heterocycles. The molecule has 0 saturated heterocycles. The first-order chi connectivity index (χ1) is 10.8. The van der Waals surface area contributed by atoms with E-state index in [4.69, 9.17) is 0 Å². The van der Waals surface area contributed by atoms with E-state index in [1.807, 2.05) is 13.8 Å². The van der Waals surface area contributed by atoms with Crippen molar-refractivity contribution >= 4 is 32.1 Å². The van der Waals surface area contributed by atoms with Gasteiger partial charge in [-0.3, -0.25) is 4.79 Å². The van der Waals surface area contributed by atoms with Crippen molar-refractivity contribution in [2.45, 2.75) is 25.7 Å². The van der Waals surface area contributed by atoms with E-state index in [-0.39, 0.29) is 16.2 Å². The third kappa shape index (κ3) is 3.44. The van der Waals surface area contributed by atoms with Gasteiger partial charge >= 0.3 is 0 Å². The molecular formula is C16H16N2O3S2. The minimum Gasteiger partial charge on any atom is -0.312 e. The molecule has 0 spiro atoms. The number of benzene rings is 1. The summed E-state index contributed by atoms with van der Waals surface area (Å²) in [5.41, 5.74) is 1.53. The Hall–Kier alpha value is -2.17. The number of hydrogen-bond donors (Lipinski definition) is 1. The molecule has 0 atom stereocenters. The maximum atomic E-state index is 12.4. The molecule has 7 heteroatoms. The zero-order valence-corrected chi connectivity index (χ0v) is 14.6. The molecule has 0 aliphatic rings. The molecule has 23 heavy (non-hydrogen) atoms. The van der Waals surface area contributed by atoms with Crippen molar-refractivity contribution < 1.29 is 13.2 Å². The van der Waals surface area contributed by atoms with E-state index in [1.165, 1.54) is 29.5 Å². The fraction of sp³-hybridized carbons (Fsp3) is 0.250. The molecule has 5 nitrogen and oxygen atoms in total. The van der Waals surface area contributed by atoms with Crippen LogP contribution in [0.1, 0.15) is 33.3 Å². The number of nitrogens with zero attached hydrogens (tertiary/aromatic N) is 1. The monoisotopic (exact) mass is 348 g/mol. The highest BCUT2D eigenvalue weighted by atomic mass is 32.2. The van der Waals surface area contributed by atoms with Gasteiger partial charge in [0.05, 0.1) is 16.2 Å². The van der Waals surface area contributed by atoms with Gasteiger partial charge in [-0.1, -0.05) is 13.0 Å². The minimum atomic E-state index is -3.37. The van der Waals surface area contributed by atoms with Crippen LogP contribution in [0.3, 0.4) is 0 Å². The van der Waals surface area contributed by atoms with Gasteiger partial charge < -0.3 is 5.32 Å². The smallest absolute Gasteiger partial charge is 0.256 e. The molecule has 1 amide bonds. The second-order valence-corrected chi connectivity index (χ2v) is 8.49. The third-order valence-electron chi connectivity index (χ3n) is 3.56. The fourth-order valence-electron chi connectivity index (χ4n) is 2.02. The SMILES string of the molecule is CCS(=O)(=O)c1cccc(C(=O)Nc2sc(C)c(C)c2C#N)c1. The van der Waals surface area contributed by atoms with Gasteiger partial charge in [0.25, 0.3) is 5.91 Å². The molecule has 0 unspecified atom stereocenters. The largest absolute Gasteiger partial charge is 0.312 e. The van der Waals surface area contributed by atoms with Crippen LogP contribution in [-0.4, -0.2) is 20.1 Å². The number of hydrogen-bond acceptors (Lipinski definition) is 5. The van der Waals surface area contributed by atoms with Crippen LogP contribution in [0.25, 0.3) is 0 Å². The highest BCUT2D eigenvalue weighted by Gasteiger charge is 2.17. The lowest BCUT2D eigenvalue weighted by atomic mass is 10.2. The van der Waals surface area contributed by atoms with Gasteiger partial charge in [-0.25, -0.2) is 8.42 Å². The number of nitriles is 1. The summed E-state index contributed by atoms with van der Waals surface area (Å²) in [5, 5.41) is 12.4. The number of carbonyl (C=O) groups is 1. The van der Waals surface area contributed by atoms with Gasteiger partial charge in [-0.15, -0.1) is 11.3 Å². The molecular weight excluding hydrogens is 332 g/mol. The lowest BCUT2D eigenvalue weighted by Gasteiger charge is -2.06. The lowest BCUT2D eigenvalue weighted by Crippen LogP contribution is -2.13. The number of anilines is 1. The van der Waals surface area contributed by atoms with Gasteiger partial charge in [0.15, 0.2) is 9.84 Å². The van der Waals surface area contributed by atoms with Crippen LogP contribution < -0.4 is 5.32 Å². The van der Waals surface area contributed by atoms with Gasteiger partial charge in [0.1, 0.15) is 11.1 Å². The summed E-state index contributed by atoms with van der Waals surface area (Å²) in [6.45, 7) is 5.26. The average molecular weight is 348 g/mol. The van der Waals surface area contributed by atoms with Crippen molar-refractivity contribution in [2.75, 3.05) is 11.1 Å². The van der Waals surface area contributed by atoms with Crippen LogP contribution in [0, 0.1) is 25.2 Å². The molecule has 1 aromatic carbocycles. The highest BCUT2D eigenvalue weighted by Crippen LogP contribution is 2.32. The quantitative estimate of drug-likeness (QED) is 0.918. The number of aryl methyl sites for hydroxylation is 1. The van der Waals surface area contributed by atoms with Gasteiger partial charge in [0, 0.05) is 10.4 Å². The van der Waals surface area contributed by atoms with E-state index in [0.29, 0.717) is 10.6 Å². The summed E-state index contributed by atoms with van der Waals surface area (Å²) >= 11 is 1.33. The Kier molecular flexibility index (Phi) is 4.88. The summed E-state index contributed by atoms with van der Waals surface area (Å²) in [4.78, 5) is 13.4. The minimum absolute atomic E-state index is 0.0278. The zero-order valence-electron chi connectivity index (χ0n) is 13.0. The van der Waals surface area contributed by atoms with Crippen LogP contribution in [0.2, 0.25) is 0 Å². The Morgan fingerprint density at radius 3 is 2.65 bits per heavy atom. The molecule has 0 bridgehead atoms. The van der Waals surface area contributed by atoms with E-state index in [1.54, 1.807) is 13.0 Å². The molecule has 120 valence electrons. The number of amides is 1. The van der Waals surface area contributed by atoms with Crippen LogP contribution in [0.15, 0.2) is 29.2 Å². The predicted molar refractivity (Wildman–Crippen MR) is 90.6 cm³/mol. The summed E-state index contributed by atoms with van der Waals surface area (Å²) in [6, 6.07) is 7.99. The van der Waals surface area contributed by atoms with Crippen LogP contribution >= 0.6 is 11.3 Å². The maximum Gasteiger partial charge on any atom is 0.256 e. The molecule has 1 heterocycles. The van der Waals surface area contributed by atoms with Gasteiger partial charge in [-0.05, 0) is 37.6 Å². The highest BCUT2D eigenvalue weighted by molar-refractivity contribution is 7.91. The van der Waals surface area contributed by atoms with Crippen molar-refractivity contribution in [3.8, 4) is 6.07 Å². The fourth-order valence-corrected chi connectivity index (χ4v) is 3.95. The Morgan fingerprint density at radius 1 is 1.35 bits per heavy atom. The van der Waals surface area contributed by atoms with Crippen molar-refractivity contribution in [2.24, 2.45) is 0 Å². The number of carbonyl (C=O) groups excluding carboxylic acids is 1. The summed E-state index contributed by atoms with van der Waals surface area (Å²) < 4.78 is 23.8. The number of rotatable bonds is 4. The standard InChI is InChI=1S/C16H16N2O3S2/c1-4-23(20,21)13-7-5-6-12(8-13)15(19)18-16-14(9-17)10(2)11(3)22-16/h5-8H,4H2,1-3H3,(H,18,19). The third-order valence-corrected chi connectivity index (χ3v) is 6.41. The Morgan fingerprint density at radius 2 is 2.04 bits per heavy atom. The Balaban J connectivity index is 2.35. The first-order valence-corrected chi connectivity index (χ1v) is 9.41. The molecule has 0 aliphatic carbocycles.